The van der Waals surface area contributed by atoms with E-state index >= 15 is 0 Å². The number of hydrogen-bond acceptors (Lipinski definition) is 1. The predicted octanol–water partition coefficient (Wildman–Crippen LogP) is 12.8. The smallest absolute Gasteiger partial charge is 0.0123 e. The Morgan fingerprint density at radius 2 is 1.05 bits per heavy atom. The first kappa shape index (κ1) is 35.2. The van der Waals surface area contributed by atoms with Crippen LogP contribution in [0.3, 0.4) is 0 Å². The van der Waals surface area contributed by atoms with E-state index in [1.54, 1.807) is 19.3 Å². The zero-order chi connectivity index (χ0) is 28.0. The van der Waals surface area contributed by atoms with Gasteiger partial charge in [-0.1, -0.05) is 163 Å². The van der Waals surface area contributed by atoms with Gasteiger partial charge in [0.1, 0.15) is 0 Å². The topological polar surface area (TPSA) is 3.24 Å². The molecule has 0 radical (unpaired) electrons. The molecule has 1 heteroatoms. The molecule has 232 valence electrons. The number of hydrogen-bond donors (Lipinski definition) is 0. The molecule has 0 N–H and O–H groups in total. The first-order valence-electron chi connectivity index (χ1n) is 18.9. The maximum absolute atomic E-state index is 2.95. The Morgan fingerprint density at radius 1 is 0.564 bits per heavy atom. The zero-order valence-corrected chi connectivity index (χ0v) is 27.8. The van der Waals surface area contributed by atoms with E-state index in [-0.39, 0.29) is 0 Å². The van der Waals surface area contributed by atoms with Crippen LogP contribution in [0.15, 0.2) is 0 Å². The standard InChI is InChI=1S/C38H75N/c1-5-7-9-11-15-19-25-35(38-29-23-24-31-39(38)32-30-34(3)4)26-20-17-13-14-18-22-28-37-33-36(37)27-21-16-12-10-8-6-2/h34-38H,5-33H2,1-4H3. The lowest BCUT2D eigenvalue weighted by atomic mass is 9.82. The van der Waals surface area contributed by atoms with E-state index < -0.39 is 0 Å². The Kier molecular flexibility index (Phi) is 21.2. The van der Waals surface area contributed by atoms with Crippen molar-refractivity contribution in [2.45, 2.75) is 207 Å². The van der Waals surface area contributed by atoms with E-state index in [2.05, 4.69) is 32.6 Å². The van der Waals surface area contributed by atoms with Crippen LogP contribution in [0, 0.1) is 23.7 Å². The molecule has 2 rings (SSSR count). The van der Waals surface area contributed by atoms with Crippen LogP contribution in [0.1, 0.15) is 201 Å². The molecule has 0 amide bonds. The number of unbranched alkanes of at least 4 members (excludes halogenated alkanes) is 15. The Morgan fingerprint density at radius 3 is 1.56 bits per heavy atom. The van der Waals surface area contributed by atoms with Crippen LogP contribution in [0.25, 0.3) is 0 Å². The fraction of sp³-hybridized carbons (Fsp3) is 1.00. The third-order valence-electron chi connectivity index (χ3n) is 10.5. The molecule has 1 heterocycles. The number of nitrogens with zero attached hydrogens (tertiary/aromatic N) is 1. The normalized spacial score (nSPS) is 22.5. The molecule has 2 fully saturated rings. The summed E-state index contributed by atoms with van der Waals surface area (Å²) in [5.74, 6) is 4.06. The lowest BCUT2D eigenvalue weighted by molar-refractivity contribution is 0.0837. The largest absolute Gasteiger partial charge is 0.300 e. The maximum atomic E-state index is 2.95. The third-order valence-corrected chi connectivity index (χ3v) is 10.5. The second-order valence-electron chi connectivity index (χ2n) is 14.6. The highest BCUT2D eigenvalue weighted by Gasteiger charge is 2.35. The predicted molar refractivity (Wildman–Crippen MR) is 177 cm³/mol. The highest BCUT2D eigenvalue weighted by molar-refractivity contribution is 4.86. The Balaban J connectivity index is 1.56. The summed E-state index contributed by atoms with van der Waals surface area (Å²) in [7, 11) is 0. The number of likely N-dealkylation sites (tertiary alicyclic amines) is 1. The van der Waals surface area contributed by atoms with Crippen molar-refractivity contribution in [2.75, 3.05) is 13.1 Å². The van der Waals surface area contributed by atoms with Gasteiger partial charge in [0.15, 0.2) is 0 Å². The van der Waals surface area contributed by atoms with Gasteiger partial charge in [-0.25, -0.2) is 0 Å². The maximum Gasteiger partial charge on any atom is 0.0123 e. The quantitative estimate of drug-likeness (QED) is 0.0927. The van der Waals surface area contributed by atoms with Crippen LogP contribution >= 0.6 is 0 Å². The van der Waals surface area contributed by atoms with Gasteiger partial charge in [0.2, 0.25) is 0 Å². The Hall–Kier alpha value is -0.0400. The van der Waals surface area contributed by atoms with Crippen LogP contribution < -0.4 is 0 Å². The van der Waals surface area contributed by atoms with Crippen LogP contribution in [-0.4, -0.2) is 24.0 Å². The van der Waals surface area contributed by atoms with Crippen LogP contribution in [-0.2, 0) is 0 Å². The molecule has 1 saturated heterocycles. The minimum Gasteiger partial charge on any atom is -0.300 e. The lowest BCUT2D eigenvalue weighted by Crippen LogP contribution is -2.45. The van der Waals surface area contributed by atoms with E-state index in [4.69, 9.17) is 0 Å². The molecular formula is C38H75N. The monoisotopic (exact) mass is 546 g/mol. The van der Waals surface area contributed by atoms with Crippen molar-refractivity contribution in [3.8, 4) is 0 Å². The molecule has 0 spiro atoms. The van der Waals surface area contributed by atoms with E-state index in [0.29, 0.717) is 0 Å². The van der Waals surface area contributed by atoms with Crippen molar-refractivity contribution in [3.63, 3.8) is 0 Å². The molecule has 4 unspecified atom stereocenters. The average molecular weight is 546 g/mol. The first-order chi connectivity index (χ1) is 19.2. The first-order valence-corrected chi connectivity index (χ1v) is 18.9. The van der Waals surface area contributed by atoms with E-state index in [1.807, 2.05) is 0 Å². The summed E-state index contributed by atoms with van der Waals surface area (Å²) in [6.07, 6.45) is 40.0. The van der Waals surface area contributed by atoms with Gasteiger partial charge in [0, 0.05) is 6.04 Å². The molecule has 1 aliphatic heterocycles. The van der Waals surface area contributed by atoms with Gasteiger partial charge in [0.25, 0.3) is 0 Å². The summed E-state index contributed by atoms with van der Waals surface area (Å²) >= 11 is 0. The molecule has 0 aromatic carbocycles. The fourth-order valence-corrected chi connectivity index (χ4v) is 7.69. The zero-order valence-electron chi connectivity index (χ0n) is 27.8. The number of piperidine rings is 1. The van der Waals surface area contributed by atoms with Gasteiger partial charge in [-0.3, -0.25) is 0 Å². The van der Waals surface area contributed by atoms with Crippen LogP contribution in [0.2, 0.25) is 0 Å². The van der Waals surface area contributed by atoms with Gasteiger partial charge in [0.05, 0.1) is 0 Å². The SMILES string of the molecule is CCCCCCCCC1CC1CCCCCCCCC(CCCCCCCC)C1CCCCN1CCC(C)C. The molecule has 0 aromatic heterocycles. The Bertz CT molecular complexity index is 527. The van der Waals surface area contributed by atoms with Crippen molar-refractivity contribution in [3.05, 3.63) is 0 Å². The molecule has 0 aromatic rings. The van der Waals surface area contributed by atoms with Gasteiger partial charge in [-0.05, 0) is 75.3 Å². The van der Waals surface area contributed by atoms with Gasteiger partial charge < -0.3 is 4.90 Å². The molecule has 1 saturated carbocycles. The minimum atomic E-state index is 0.843. The van der Waals surface area contributed by atoms with Gasteiger partial charge in [-0.15, -0.1) is 0 Å². The van der Waals surface area contributed by atoms with Crippen molar-refractivity contribution < 1.29 is 0 Å². The molecule has 0 bridgehead atoms. The molecule has 2 aliphatic rings. The number of rotatable bonds is 27. The summed E-state index contributed by atoms with van der Waals surface area (Å²) in [5.41, 5.74) is 0. The van der Waals surface area contributed by atoms with Crippen LogP contribution in [0.5, 0.6) is 0 Å². The average Bonchev–Trinajstić information content (AvgIpc) is 3.69. The highest BCUT2D eigenvalue weighted by Crippen LogP contribution is 2.45. The molecular weight excluding hydrogens is 470 g/mol. The molecule has 4 atom stereocenters. The summed E-state index contributed by atoms with van der Waals surface area (Å²) in [6.45, 7) is 12.2. The summed E-state index contributed by atoms with van der Waals surface area (Å²) < 4.78 is 0. The third kappa shape index (κ3) is 17.5. The second-order valence-corrected chi connectivity index (χ2v) is 14.6. The van der Waals surface area contributed by atoms with Crippen molar-refractivity contribution in [1.82, 2.24) is 4.90 Å². The second kappa shape index (κ2) is 23.5. The van der Waals surface area contributed by atoms with Crippen molar-refractivity contribution >= 4 is 0 Å². The summed E-state index contributed by atoms with van der Waals surface area (Å²) in [6, 6.07) is 0.899. The van der Waals surface area contributed by atoms with Crippen LogP contribution in [0.4, 0.5) is 0 Å². The summed E-state index contributed by atoms with van der Waals surface area (Å²) in [4.78, 5) is 2.95. The van der Waals surface area contributed by atoms with E-state index in [9.17, 15) is 0 Å². The van der Waals surface area contributed by atoms with E-state index in [1.165, 1.54) is 167 Å². The van der Waals surface area contributed by atoms with Gasteiger partial charge >= 0.3 is 0 Å². The Labute approximate surface area is 248 Å². The van der Waals surface area contributed by atoms with E-state index in [0.717, 1.165) is 29.7 Å². The fourth-order valence-electron chi connectivity index (χ4n) is 7.69. The molecule has 1 aliphatic carbocycles. The van der Waals surface area contributed by atoms with Gasteiger partial charge in [-0.2, -0.15) is 0 Å². The lowest BCUT2D eigenvalue weighted by Gasteiger charge is -2.41. The van der Waals surface area contributed by atoms with Crippen molar-refractivity contribution in [2.24, 2.45) is 23.7 Å². The highest BCUT2D eigenvalue weighted by atomic mass is 15.2. The molecule has 1 nitrogen and oxygen atoms in total. The molecule has 39 heavy (non-hydrogen) atoms. The van der Waals surface area contributed by atoms with Crippen molar-refractivity contribution in [1.29, 1.82) is 0 Å². The summed E-state index contributed by atoms with van der Waals surface area (Å²) in [5, 5.41) is 0. The minimum absolute atomic E-state index is 0.843.